The SMILES string of the molecule is NCC(c1ccc(C(F)(F)F)cc1)c1c[nH]c2ccccc12. The maximum Gasteiger partial charge on any atom is 0.416 e. The number of rotatable bonds is 3. The highest BCUT2D eigenvalue weighted by Crippen LogP contribution is 2.33. The van der Waals surface area contributed by atoms with Gasteiger partial charge in [-0.1, -0.05) is 30.3 Å². The maximum absolute atomic E-state index is 12.7. The monoisotopic (exact) mass is 304 g/mol. The molecule has 0 amide bonds. The number of nitrogens with two attached hydrogens (primary N) is 1. The van der Waals surface area contributed by atoms with Gasteiger partial charge in [-0.2, -0.15) is 13.2 Å². The number of alkyl halides is 3. The molecule has 0 radical (unpaired) electrons. The van der Waals surface area contributed by atoms with Crippen LogP contribution in [0.4, 0.5) is 13.2 Å². The normalized spacial score (nSPS) is 13.5. The zero-order valence-electron chi connectivity index (χ0n) is 11.7. The van der Waals surface area contributed by atoms with Gasteiger partial charge in [-0.3, -0.25) is 0 Å². The second-order valence-corrected chi connectivity index (χ2v) is 5.20. The number of halogens is 3. The maximum atomic E-state index is 12.7. The van der Waals surface area contributed by atoms with Crippen molar-refractivity contribution in [1.82, 2.24) is 4.98 Å². The molecule has 22 heavy (non-hydrogen) atoms. The molecule has 1 heterocycles. The number of benzene rings is 2. The van der Waals surface area contributed by atoms with Gasteiger partial charge in [0.05, 0.1) is 5.56 Å². The van der Waals surface area contributed by atoms with Gasteiger partial charge in [0.25, 0.3) is 0 Å². The average molecular weight is 304 g/mol. The van der Waals surface area contributed by atoms with Crippen molar-refractivity contribution in [3.05, 3.63) is 71.4 Å². The van der Waals surface area contributed by atoms with E-state index < -0.39 is 11.7 Å². The van der Waals surface area contributed by atoms with Crippen LogP contribution in [0.1, 0.15) is 22.6 Å². The van der Waals surface area contributed by atoms with E-state index in [1.807, 2.05) is 30.5 Å². The van der Waals surface area contributed by atoms with E-state index >= 15 is 0 Å². The largest absolute Gasteiger partial charge is 0.416 e. The average Bonchev–Trinajstić information content (AvgIpc) is 2.92. The topological polar surface area (TPSA) is 41.8 Å². The second-order valence-electron chi connectivity index (χ2n) is 5.20. The Kier molecular flexibility index (Phi) is 3.66. The minimum absolute atomic E-state index is 0.140. The molecule has 0 saturated heterocycles. The molecular weight excluding hydrogens is 289 g/mol. The smallest absolute Gasteiger partial charge is 0.361 e. The lowest BCUT2D eigenvalue weighted by molar-refractivity contribution is -0.137. The van der Waals surface area contributed by atoms with Crippen molar-refractivity contribution in [3.8, 4) is 0 Å². The van der Waals surface area contributed by atoms with Crippen molar-refractivity contribution >= 4 is 10.9 Å². The molecule has 0 spiro atoms. The Balaban J connectivity index is 2.01. The van der Waals surface area contributed by atoms with Crippen LogP contribution in [0.5, 0.6) is 0 Å². The lowest BCUT2D eigenvalue weighted by Gasteiger charge is -2.16. The second kappa shape index (κ2) is 5.50. The Morgan fingerprint density at radius 2 is 1.68 bits per heavy atom. The van der Waals surface area contributed by atoms with E-state index in [-0.39, 0.29) is 5.92 Å². The Hall–Kier alpha value is -2.27. The Bertz CT molecular complexity index is 772. The molecule has 0 fully saturated rings. The highest BCUT2D eigenvalue weighted by molar-refractivity contribution is 5.84. The third-order valence-corrected chi connectivity index (χ3v) is 3.87. The van der Waals surface area contributed by atoms with E-state index in [9.17, 15) is 13.2 Å². The first kappa shape index (κ1) is 14.7. The summed E-state index contributed by atoms with van der Waals surface area (Å²) < 4.78 is 38.0. The summed E-state index contributed by atoms with van der Waals surface area (Å²) in [4.78, 5) is 3.17. The third-order valence-electron chi connectivity index (χ3n) is 3.87. The third kappa shape index (κ3) is 2.60. The predicted molar refractivity (Wildman–Crippen MR) is 80.6 cm³/mol. The fraction of sp³-hybridized carbons (Fsp3) is 0.176. The standard InChI is InChI=1S/C17H15F3N2/c18-17(19,20)12-7-5-11(6-8-12)14(9-21)15-10-22-16-4-2-1-3-13(15)16/h1-8,10,14,22H,9,21H2. The van der Waals surface area contributed by atoms with E-state index in [1.165, 1.54) is 12.1 Å². The fourth-order valence-electron chi connectivity index (χ4n) is 2.73. The molecule has 3 rings (SSSR count). The van der Waals surface area contributed by atoms with Crippen molar-refractivity contribution in [2.45, 2.75) is 12.1 Å². The van der Waals surface area contributed by atoms with Crippen LogP contribution < -0.4 is 5.73 Å². The van der Waals surface area contributed by atoms with Crippen LogP contribution in [0.25, 0.3) is 10.9 Å². The molecule has 2 aromatic carbocycles. The molecule has 114 valence electrons. The number of aromatic nitrogens is 1. The molecule has 5 heteroatoms. The Labute approximate surface area is 125 Å². The van der Waals surface area contributed by atoms with E-state index in [2.05, 4.69) is 4.98 Å². The van der Waals surface area contributed by atoms with Gasteiger partial charge in [-0.15, -0.1) is 0 Å². The molecule has 0 saturated carbocycles. The molecule has 3 N–H and O–H groups in total. The summed E-state index contributed by atoms with van der Waals surface area (Å²) in [5.74, 6) is -0.140. The summed E-state index contributed by atoms with van der Waals surface area (Å²) in [5.41, 5.74) is 7.99. The zero-order chi connectivity index (χ0) is 15.7. The zero-order valence-corrected chi connectivity index (χ0v) is 11.7. The van der Waals surface area contributed by atoms with Crippen LogP contribution in [0.3, 0.4) is 0 Å². The predicted octanol–water partition coefficient (Wildman–Crippen LogP) is 4.28. The summed E-state index contributed by atoms with van der Waals surface area (Å²) in [6.45, 7) is 0.327. The van der Waals surface area contributed by atoms with Gasteiger partial charge in [0, 0.05) is 29.6 Å². The van der Waals surface area contributed by atoms with Gasteiger partial charge in [0.2, 0.25) is 0 Å². The van der Waals surface area contributed by atoms with Crippen LogP contribution in [-0.4, -0.2) is 11.5 Å². The lowest BCUT2D eigenvalue weighted by atomic mass is 9.90. The first-order chi connectivity index (χ1) is 10.5. The van der Waals surface area contributed by atoms with Crippen LogP contribution >= 0.6 is 0 Å². The molecule has 3 aromatic rings. The van der Waals surface area contributed by atoms with Crippen LogP contribution in [0.15, 0.2) is 54.7 Å². The van der Waals surface area contributed by atoms with Gasteiger partial charge in [0.15, 0.2) is 0 Å². The van der Waals surface area contributed by atoms with Gasteiger partial charge in [-0.05, 0) is 29.3 Å². The molecule has 1 aromatic heterocycles. The summed E-state index contributed by atoms with van der Waals surface area (Å²) in [6, 6.07) is 13.0. The molecule has 1 atom stereocenters. The first-order valence-electron chi connectivity index (χ1n) is 6.94. The van der Waals surface area contributed by atoms with Gasteiger partial charge >= 0.3 is 6.18 Å². The quantitative estimate of drug-likeness (QED) is 0.745. The minimum Gasteiger partial charge on any atom is -0.361 e. The van der Waals surface area contributed by atoms with E-state index in [4.69, 9.17) is 5.73 Å². The number of hydrogen-bond donors (Lipinski definition) is 2. The summed E-state index contributed by atoms with van der Waals surface area (Å²) in [6.07, 6.45) is -2.45. The molecule has 1 unspecified atom stereocenters. The van der Waals surface area contributed by atoms with E-state index in [0.717, 1.165) is 34.2 Å². The van der Waals surface area contributed by atoms with Crippen molar-refractivity contribution in [3.63, 3.8) is 0 Å². The number of nitrogens with one attached hydrogen (secondary N) is 1. The number of aromatic amines is 1. The van der Waals surface area contributed by atoms with Crippen molar-refractivity contribution in [2.75, 3.05) is 6.54 Å². The molecule has 0 aliphatic carbocycles. The fourth-order valence-corrected chi connectivity index (χ4v) is 2.73. The van der Waals surface area contributed by atoms with Crippen molar-refractivity contribution in [1.29, 1.82) is 0 Å². The number of para-hydroxylation sites is 1. The molecular formula is C17H15F3N2. The highest BCUT2D eigenvalue weighted by atomic mass is 19.4. The molecule has 0 aliphatic rings. The van der Waals surface area contributed by atoms with Gasteiger partial charge in [-0.25, -0.2) is 0 Å². The summed E-state index contributed by atoms with van der Waals surface area (Å²) >= 11 is 0. The van der Waals surface area contributed by atoms with E-state index in [1.54, 1.807) is 0 Å². The lowest BCUT2D eigenvalue weighted by Crippen LogP contribution is -2.14. The van der Waals surface area contributed by atoms with Crippen molar-refractivity contribution < 1.29 is 13.2 Å². The number of fused-ring (bicyclic) bond motifs is 1. The summed E-state index contributed by atoms with van der Waals surface area (Å²) in [7, 11) is 0. The minimum atomic E-state index is -4.32. The molecule has 0 aliphatic heterocycles. The van der Waals surface area contributed by atoms with Gasteiger partial charge < -0.3 is 10.7 Å². The number of hydrogen-bond acceptors (Lipinski definition) is 1. The molecule has 0 bridgehead atoms. The Morgan fingerprint density at radius 3 is 2.32 bits per heavy atom. The summed E-state index contributed by atoms with van der Waals surface area (Å²) in [5, 5.41) is 1.04. The number of H-pyrrole nitrogens is 1. The Morgan fingerprint density at radius 1 is 1.00 bits per heavy atom. The van der Waals surface area contributed by atoms with E-state index in [0.29, 0.717) is 6.54 Å². The molecule has 2 nitrogen and oxygen atoms in total. The van der Waals surface area contributed by atoms with Crippen LogP contribution in [0.2, 0.25) is 0 Å². The van der Waals surface area contributed by atoms with Crippen LogP contribution in [-0.2, 0) is 6.18 Å². The van der Waals surface area contributed by atoms with Gasteiger partial charge in [0.1, 0.15) is 0 Å². The first-order valence-corrected chi connectivity index (χ1v) is 6.94. The van der Waals surface area contributed by atoms with Crippen LogP contribution in [0, 0.1) is 0 Å². The van der Waals surface area contributed by atoms with Crippen molar-refractivity contribution in [2.24, 2.45) is 5.73 Å². The highest BCUT2D eigenvalue weighted by Gasteiger charge is 2.30.